The maximum absolute atomic E-state index is 11.2. The molecule has 0 heterocycles. The zero-order chi connectivity index (χ0) is 15.5. The Balaban J connectivity index is 2.29. The van der Waals surface area contributed by atoms with Crippen LogP contribution >= 0.6 is 15.9 Å². The lowest BCUT2D eigenvalue weighted by Gasteiger charge is -2.45. The van der Waals surface area contributed by atoms with Crippen molar-refractivity contribution in [1.29, 1.82) is 5.26 Å². The van der Waals surface area contributed by atoms with Crippen molar-refractivity contribution in [3.63, 3.8) is 0 Å². The summed E-state index contributed by atoms with van der Waals surface area (Å²) in [5.41, 5.74) is -0.986. The van der Waals surface area contributed by atoms with Gasteiger partial charge in [0.15, 0.2) is 0 Å². The molecule has 1 aliphatic rings. The highest BCUT2D eigenvalue weighted by atomic mass is 79.9. The van der Waals surface area contributed by atoms with Crippen LogP contribution in [-0.4, -0.2) is 5.11 Å². The Bertz CT molecular complexity index is 524. The average molecular weight is 350 g/mol. The number of hydrogen-bond acceptors (Lipinski definition) is 2. The fraction of sp³-hybridized carbons (Fsp3) is 0.611. The Morgan fingerprint density at radius 2 is 2.00 bits per heavy atom. The molecule has 1 aliphatic carbocycles. The van der Waals surface area contributed by atoms with E-state index in [0.29, 0.717) is 5.92 Å². The first kappa shape index (κ1) is 16.5. The molecule has 1 N–H and O–H groups in total. The third-order valence-electron chi connectivity index (χ3n) is 5.20. The second-order valence-electron chi connectivity index (χ2n) is 6.48. The van der Waals surface area contributed by atoms with E-state index >= 15 is 0 Å². The van der Waals surface area contributed by atoms with Crippen molar-refractivity contribution < 1.29 is 5.11 Å². The standard InChI is InChI=1S/C18H24BrNO/c1-3-6-14-9-11-18(13-20,12-10-14)17(2,21)15-7-4-5-8-16(15)19/h4-5,7-8,14,21H,3,6,9-12H2,1-2H3. The lowest BCUT2D eigenvalue weighted by molar-refractivity contribution is -0.0705. The second kappa shape index (κ2) is 6.50. The van der Waals surface area contributed by atoms with Crippen molar-refractivity contribution in [3.05, 3.63) is 34.3 Å². The van der Waals surface area contributed by atoms with Gasteiger partial charge in [-0.3, -0.25) is 0 Å². The van der Waals surface area contributed by atoms with Gasteiger partial charge in [-0.15, -0.1) is 0 Å². The molecule has 1 saturated carbocycles. The van der Waals surface area contributed by atoms with Gasteiger partial charge in [0.1, 0.15) is 5.60 Å². The predicted molar refractivity (Wildman–Crippen MR) is 88.6 cm³/mol. The highest BCUT2D eigenvalue weighted by Gasteiger charge is 2.50. The maximum Gasteiger partial charge on any atom is 0.106 e. The number of benzene rings is 1. The first-order valence-electron chi connectivity index (χ1n) is 7.85. The summed E-state index contributed by atoms with van der Waals surface area (Å²) >= 11 is 3.52. The van der Waals surface area contributed by atoms with E-state index < -0.39 is 11.0 Å². The smallest absolute Gasteiger partial charge is 0.106 e. The van der Waals surface area contributed by atoms with Gasteiger partial charge in [-0.05, 0) is 50.2 Å². The summed E-state index contributed by atoms with van der Waals surface area (Å²) in [6.07, 6.45) is 6.08. The lowest BCUT2D eigenvalue weighted by Crippen LogP contribution is -2.45. The van der Waals surface area contributed by atoms with Crippen molar-refractivity contribution in [2.24, 2.45) is 11.3 Å². The fourth-order valence-corrected chi connectivity index (χ4v) is 4.36. The van der Waals surface area contributed by atoms with Crippen LogP contribution in [0.5, 0.6) is 0 Å². The van der Waals surface area contributed by atoms with Gasteiger partial charge in [0.05, 0.1) is 11.5 Å². The van der Waals surface area contributed by atoms with Crippen molar-refractivity contribution in [1.82, 2.24) is 0 Å². The van der Waals surface area contributed by atoms with Gasteiger partial charge >= 0.3 is 0 Å². The molecule has 114 valence electrons. The number of aliphatic hydroxyl groups is 1. The van der Waals surface area contributed by atoms with Crippen LogP contribution in [0.2, 0.25) is 0 Å². The summed E-state index contributed by atoms with van der Waals surface area (Å²) in [5, 5.41) is 21.0. The fourth-order valence-electron chi connectivity index (χ4n) is 3.69. The summed E-state index contributed by atoms with van der Waals surface area (Å²) in [6.45, 7) is 4.01. The zero-order valence-electron chi connectivity index (χ0n) is 12.9. The Hall–Kier alpha value is -0.850. The quantitative estimate of drug-likeness (QED) is 0.815. The molecule has 0 radical (unpaired) electrons. The van der Waals surface area contributed by atoms with Gasteiger partial charge in [0, 0.05) is 4.47 Å². The number of rotatable bonds is 4. The minimum absolute atomic E-state index is 0.679. The second-order valence-corrected chi connectivity index (χ2v) is 7.33. The van der Waals surface area contributed by atoms with Crippen LogP contribution in [0.25, 0.3) is 0 Å². The molecule has 1 unspecified atom stereocenters. The summed E-state index contributed by atoms with van der Waals surface area (Å²) < 4.78 is 0.875. The van der Waals surface area contributed by atoms with E-state index in [1.165, 1.54) is 12.8 Å². The first-order chi connectivity index (χ1) is 9.97. The molecule has 3 heteroatoms. The first-order valence-corrected chi connectivity index (χ1v) is 8.65. The average Bonchev–Trinajstić information content (AvgIpc) is 2.48. The monoisotopic (exact) mass is 349 g/mol. The molecule has 2 rings (SSSR count). The van der Waals surface area contributed by atoms with Crippen LogP contribution in [0.15, 0.2) is 28.7 Å². The van der Waals surface area contributed by atoms with Gasteiger partial charge < -0.3 is 5.11 Å². The predicted octanol–water partition coefficient (Wildman–Crippen LogP) is 5.16. The number of hydrogen-bond donors (Lipinski definition) is 1. The Labute approximate surface area is 136 Å². The molecule has 0 amide bonds. The minimum atomic E-state index is -1.13. The largest absolute Gasteiger partial charge is 0.384 e. The van der Waals surface area contributed by atoms with Crippen LogP contribution in [-0.2, 0) is 5.60 Å². The molecule has 0 aromatic heterocycles. The third-order valence-corrected chi connectivity index (χ3v) is 5.89. The maximum atomic E-state index is 11.2. The van der Waals surface area contributed by atoms with E-state index in [1.807, 2.05) is 24.3 Å². The van der Waals surface area contributed by atoms with Crippen LogP contribution in [0.3, 0.4) is 0 Å². The molecule has 0 aliphatic heterocycles. The van der Waals surface area contributed by atoms with E-state index in [9.17, 15) is 10.4 Å². The molecule has 2 nitrogen and oxygen atoms in total. The van der Waals surface area contributed by atoms with E-state index in [-0.39, 0.29) is 0 Å². The van der Waals surface area contributed by atoms with E-state index in [1.54, 1.807) is 6.92 Å². The third kappa shape index (κ3) is 3.03. The summed E-state index contributed by atoms with van der Waals surface area (Å²) in [5.74, 6) is 0.714. The number of nitriles is 1. The van der Waals surface area contributed by atoms with Crippen molar-refractivity contribution >= 4 is 15.9 Å². The van der Waals surface area contributed by atoms with E-state index in [4.69, 9.17) is 0 Å². The Morgan fingerprint density at radius 3 is 2.52 bits per heavy atom. The Morgan fingerprint density at radius 1 is 1.38 bits per heavy atom. The van der Waals surface area contributed by atoms with Crippen molar-refractivity contribution in [2.45, 2.75) is 58.0 Å². The van der Waals surface area contributed by atoms with Crippen molar-refractivity contribution in [2.75, 3.05) is 0 Å². The van der Waals surface area contributed by atoms with Crippen molar-refractivity contribution in [3.8, 4) is 6.07 Å². The number of halogens is 1. The molecular formula is C18H24BrNO. The van der Waals surface area contributed by atoms with Crippen LogP contribution in [0.1, 0.15) is 57.9 Å². The Kier molecular flexibility index (Phi) is 5.11. The molecular weight excluding hydrogens is 326 g/mol. The van der Waals surface area contributed by atoms with Crippen LogP contribution in [0.4, 0.5) is 0 Å². The van der Waals surface area contributed by atoms with Gasteiger partial charge in [0.2, 0.25) is 0 Å². The molecule has 1 atom stereocenters. The summed E-state index contributed by atoms with van der Waals surface area (Å²) in [4.78, 5) is 0. The van der Waals surface area contributed by atoms with E-state index in [0.717, 1.165) is 35.7 Å². The highest BCUT2D eigenvalue weighted by molar-refractivity contribution is 9.10. The van der Waals surface area contributed by atoms with Gasteiger partial charge in [-0.25, -0.2) is 0 Å². The van der Waals surface area contributed by atoms with Crippen LogP contribution in [0, 0.1) is 22.7 Å². The molecule has 21 heavy (non-hydrogen) atoms. The molecule has 1 fully saturated rings. The topological polar surface area (TPSA) is 44.0 Å². The number of nitrogens with zero attached hydrogens (tertiary/aromatic N) is 1. The normalized spacial score (nSPS) is 28.6. The molecule has 0 spiro atoms. The highest BCUT2D eigenvalue weighted by Crippen LogP contribution is 2.52. The zero-order valence-corrected chi connectivity index (χ0v) is 14.5. The van der Waals surface area contributed by atoms with Gasteiger partial charge in [-0.2, -0.15) is 5.26 Å². The molecule has 1 aromatic rings. The minimum Gasteiger partial charge on any atom is -0.384 e. The lowest BCUT2D eigenvalue weighted by atomic mass is 9.60. The molecule has 1 aromatic carbocycles. The van der Waals surface area contributed by atoms with E-state index in [2.05, 4.69) is 28.9 Å². The van der Waals surface area contributed by atoms with Crippen LogP contribution < -0.4 is 0 Å². The summed E-state index contributed by atoms with van der Waals surface area (Å²) in [6, 6.07) is 10.2. The SMILES string of the molecule is CCCC1CCC(C#N)(C(C)(O)c2ccccc2Br)CC1. The molecule has 0 saturated heterocycles. The van der Waals surface area contributed by atoms with Gasteiger partial charge in [-0.1, -0.05) is 53.9 Å². The summed E-state index contributed by atoms with van der Waals surface area (Å²) in [7, 11) is 0. The molecule has 0 bridgehead atoms. The van der Waals surface area contributed by atoms with Gasteiger partial charge in [0.25, 0.3) is 0 Å².